The molecule has 0 radical (unpaired) electrons. The summed E-state index contributed by atoms with van der Waals surface area (Å²) in [7, 11) is 0. The summed E-state index contributed by atoms with van der Waals surface area (Å²) in [6, 6.07) is 11.7. The topological polar surface area (TPSA) is 53.1 Å². The SMILES string of the molecule is C=CCn1c(SCCOc2ccccc2)nnc1-c1ccoc1C. The van der Waals surface area contributed by atoms with Crippen LogP contribution in [0.5, 0.6) is 5.75 Å². The standard InChI is InChI=1S/C18H19N3O2S/c1-3-10-21-17(16-9-11-22-14(16)2)19-20-18(21)24-13-12-23-15-7-5-4-6-8-15/h3-9,11H,1,10,12-13H2,2H3. The number of hydrogen-bond donors (Lipinski definition) is 0. The maximum atomic E-state index is 5.71. The molecule has 0 aliphatic heterocycles. The van der Waals surface area contributed by atoms with E-state index in [9.17, 15) is 0 Å². The van der Waals surface area contributed by atoms with Crippen LogP contribution in [0.4, 0.5) is 0 Å². The zero-order valence-corrected chi connectivity index (χ0v) is 14.3. The number of hydrogen-bond acceptors (Lipinski definition) is 5. The summed E-state index contributed by atoms with van der Waals surface area (Å²) < 4.78 is 13.1. The molecule has 0 unspecified atom stereocenters. The average Bonchev–Trinajstić information content (AvgIpc) is 3.19. The smallest absolute Gasteiger partial charge is 0.191 e. The van der Waals surface area contributed by atoms with Gasteiger partial charge in [-0.05, 0) is 25.1 Å². The molecule has 0 N–H and O–H groups in total. The van der Waals surface area contributed by atoms with Gasteiger partial charge in [-0.1, -0.05) is 36.0 Å². The molecule has 0 amide bonds. The van der Waals surface area contributed by atoms with Crippen LogP contribution in [-0.2, 0) is 6.54 Å². The average molecular weight is 341 g/mol. The van der Waals surface area contributed by atoms with Gasteiger partial charge in [0.25, 0.3) is 0 Å². The molecule has 0 aliphatic rings. The van der Waals surface area contributed by atoms with E-state index in [0.29, 0.717) is 13.2 Å². The molecule has 124 valence electrons. The Morgan fingerprint density at radius 3 is 2.79 bits per heavy atom. The fourth-order valence-electron chi connectivity index (χ4n) is 2.31. The van der Waals surface area contributed by atoms with Crippen LogP contribution < -0.4 is 4.74 Å². The zero-order valence-electron chi connectivity index (χ0n) is 13.5. The van der Waals surface area contributed by atoms with Gasteiger partial charge in [0.1, 0.15) is 11.5 Å². The van der Waals surface area contributed by atoms with Crippen LogP contribution in [0.25, 0.3) is 11.4 Å². The van der Waals surface area contributed by atoms with E-state index in [1.54, 1.807) is 18.0 Å². The van der Waals surface area contributed by atoms with Crippen molar-refractivity contribution >= 4 is 11.8 Å². The van der Waals surface area contributed by atoms with Crippen molar-refractivity contribution in [2.75, 3.05) is 12.4 Å². The molecule has 0 saturated heterocycles. The predicted octanol–water partition coefficient (Wildman–Crippen LogP) is 4.20. The van der Waals surface area contributed by atoms with Crippen LogP contribution in [0, 0.1) is 6.92 Å². The normalized spacial score (nSPS) is 10.7. The summed E-state index contributed by atoms with van der Waals surface area (Å²) >= 11 is 1.62. The second kappa shape index (κ2) is 7.88. The van der Waals surface area contributed by atoms with Crippen LogP contribution in [0.15, 0.2) is 64.9 Å². The summed E-state index contributed by atoms with van der Waals surface area (Å²) in [4.78, 5) is 0. The van der Waals surface area contributed by atoms with Crippen molar-refractivity contribution in [2.24, 2.45) is 0 Å². The monoisotopic (exact) mass is 341 g/mol. The predicted molar refractivity (Wildman–Crippen MR) is 95.3 cm³/mol. The van der Waals surface area contributed by atoms with Crippen molar-refractivity contribution in [3.05, 3.63) is 61.1 Å². The Morgan fingerprint density at radius 2 is 2.08 bits per heavy atom. The Labute approximate surface area is 145 Å². The molecule has 2 heterocycles. The minimum absolute atomic E-state index is 0.607. The van der Waals surface area contributed by atoms with Crippen LogP contribution >= 0.6 is 11.8 Å². The number of thioether (sulfide) groups is 1. The Kier molecular flexibility index (Phi) is 5.38. The number of ether oxygens (including phenoxy) is 1. The van der Waals surface area contributed by atoms with E-state index < -0.39 is 0 Å². The van der Waals surface area contributed by atoms with Crippen LogP contribution in [-0.4, -0.2) is 27.1 Å². The number of aryl methyl sites for hydroxylation is 1. The number of nitrogens with zero attached hydrogens (tertiary/aromatic N) is 3. The van der Waals surface area contributed by atoms with Crippen LogP contribution in [0.2, 0.25) is 0 Å². The molecule has 6 heteroatoms. The molecular weight excluding hydrogens is 322 g/mol. The lowest BCUT2D eigenvalue weighted by atomic mass is 10.2. The Balaban J connectivity index is 1.66. The van der Waals surface area contributed by atoms with Gasteiger partial charge in [-0.3, -0.25) is 4.57 Å². The minimum atomic E-state index is 0.607. The zero-order chi connectivity index (χ0) is 16.8. The number of aromatic nitrogens is 3. The minimum Gasteiger partial charge on any atom is -0.493 e. The summed E-state index contributed by atoms with van der Waals surface area (Å²) in [5.41, 5.74) is 0.955. The molecule has 0 fully saturated rings. The highest BCUT2D eigenvalue weighted by Gasteiger charge is 2.16. The molecule has 0 spiro atoms. The molecule has 0 saturated carbocycles. The van der Waals surface area contributed by atoms with Crippen molar-refractivity contribution in [3.63, 3.8) is 0 Å². The van der Waals surface area contributed by atoms with Gasteiger partial charge in [-0.25, -0.2) is 0 Å². The molecular formula is C18H19N3O2S. The molecule has 0 aliphatic carbocycles. The third-order valence-corrected chi connectivity index (χ3v) is 4.39. The van der Waals surface area contributed by atoms with Crippen molar-refractivity contribution in [3.8, 4) is 17.1 Å². The highest BCUT2D eigenvalue weighted by Crippen LogP contribution is 2.27. The summed E-state index contributed by atoms with van der Waals surface area (Å²) in [6.07, 6.45) is 3.50. The van der Waals surface area contributed by atoms with E-state index in [1.165, 1.54) is 0 Å². The lowest BCUT2D eigenvalue weighted by Gasteiger charge is -2.08. The Hall–Kier alpha value is -2.47. The molecule has 24 heavy (non-hydrogen) atoms. The largest absolute Gasteiger partial charge is 0.493 e. The van der Waals surface area contributed by atoms with Crippen molar-refractivity contribution in [1.82, 2.24) is 14.8 Å². The van der Waals surface area contributed by atoms with E-state index in [1.807, 2.05) is 54.0 Å². The number of benzene rings is 1. The second-order valence-electron chi connectivity index (χ2n) is 5.11. The Morgan fingerprint density at radius 1 is 1.25 bits per heavy atom. The molecule has 1 aromatic carbocycles. The van der Waals surface area contributed by atoms with Gasteiger partial charge in [-0.15, -0.1) is 16.8 Å². The molecule has 5 nitrogen and oxygen atoms in total. The Bertz CT molecular complexity index is 796. The third-order valence-electron chi connectivity index (χ3n) is 3.45. The van der Waals surface area contributed by atoms with Gasteiger partial charge >= 0.3 is 0 Å². The first-order valence-corrected chi connectivity index (χ1v) is 8.67. The van der Waals surface area contributed by atoms with E-state index >= 15 is 0 Å². The first-order valence-electron chi connectivity index (χ1n) is 7.69. The van der Waals surface area contributed by atoms with Crippen molar-refractivity contribution < 1.29 is 9.15 Å². The van der Waals surface area contributed by atoms with E-state index in [4.69, 9.17) is 9.15 Å². The lowest BCUT2D eigenvalue weighted by molar-refractivity contribution is 0.344. The second-order valence-corrected chi connectivity index (χ2v) is 6.17. The molecule has 0 atom stereocenters. The number of para-hydroxylation sites is 1. The lowest BCUT2D eigenvalue weighted by Crippen LogP contribution is -2.04. The first kappa shape index (κ1) is 16.4. The van der Waals surface area contributed by atoms with Gasteiger partial charge in [0.15, 0.2) is 11.0 Å². The fraction of sp³-hybridized carbons (Fsp3) is 0.222. The van der Waals surface area contributed by atoms with Crippen molar-refractivity contribution in [2.45, 2.75) is 18.6 Å². The van der Waals surface area contributed by atoms with E-state index in [0.717, 1.165) is 33.8 Å². The van der Waals surface area contributed by atoms with Crippen molar-refractivity contribution in [1.29, 1.82) is 0 Å². The molecule has 3 rings (SSSR count). The fourth-order valence-corrected chi connectivity index (χ4v) is 3.08. The highest BCUT2D eigenvalue weighted by molar-refractivity contribution is 7.99. The summed E-state index contributed by atoms with van der Waals surface area (Å²) in [6.45, 7) is 7.00. The number of allylic oxidation sites excluding steroid dienone is 1. The van der Waals surface area contributed by atoms with E-state index in [-0.39, 0.29) is 0 Å². The third kappa shape index (κ3) is 3.71. The summed E-state index contributed by atoms with van der Waals surface area (Å²) in [5.74, 6) is 3.29. The van der Waals surface area contributed by atoms with Crippen LogP contribution in [0.3, 0.4) is 0 Å². The van der Waals surface area contributed by atoms with E-state index in [2.05, 4.69) is 16.8 Å². The molecule has 2 aromatic heterocycles. The highest BCUT2D eigenvalue weighted by atomic mass is 32.2. The maximum absolute atomic E-state index is 5.71. The van der Waals surface area contributed by atoms with Gasteiger partial charge < -0.3 is 9.15 Å². The molecule has 3 aromatic rings. The van der Waals surface area contributed by atoms with Gasteiger partial charge in [-0.2, -0.15) is 0 Å². The first-order chi connectivity index (χ1) is 11.8. The van der Waals surface area contributed by atoms with Crippen LogP contribution in [0.1, 0.15) is 5.76 Å². The number of rotatable bonds is 8. The maximum Gasteiger partial charge on any atom is 0.191 e. The van der Waals surface area contributed by atoms with Gasteiger partial charge in [0, 0.05) is 12.3 Å². The molecule has 0 bridgehead atoms. The summed E-state index contributed by atoms with van der Waals surface area (Å²) in [5, 5.41) is 9.48. The van der Waals surface area contributed by atoms with Gasteiger partial charge in [0.05, 0.1) is 18.4 Å². The van der Waals surface area contributed by atoms with Gasteiger partial charge in [0.2, 0.25) is 0 Å². The quantitative estimate of drug-likeness (QED) is 0.349. The number of furan rings is 1.